The summed E-state index contributed by atoms with van der Waals surface area (Å²) < 4.78 is 13.9. The molecule has 1 nitrogen and oxygen atoms in total. The van der Waals surface area contributed by atoms with E-state index in [-0.39, 0.29) is 11.9 Å². The Morgan fingerprint density at radius 3 is 2.81 bits per heavy atom. The van der Waals surface area contributed by atoms with E-state index in [0.29, 0.717) is 5.92 Å². The van der Waals surface area contributed by atoms with Crippen LogP contribution in [0.3, 0.4) is 0 Å². The van der Waals surface area contributed by atoms with Gasteiger partial charge in [0.15, 0.2) is 0 Å². The summed E-state index contributed by atoms with van der Waals surface area (Å²) in [6.07, 6.45) is 1.06. The van der Waals surface area contributed by atoms with Gasteiger partial charge in [0, 0.05) is 17.5 Å². The molecule has 1 heterocycles. The molecular formula is C18H20FNS. The smallest absolute Gasteiger partial charge is 0.137 e. The molecule has 0 spiro atoms. The first-order valence-corrected chi connectivity index (χ1v) is 8.44. The van der Waals surface area contributed by atoms with Gasteiger partial charge in [-0.05, 0) is 35.3 Å². The number of halogens is 1. The van der Waals surface area contributed by atoms with E-state index in [9.17, 15) is 4.39 Å². The van der Waals surface area contributed by atoms with Crippen molar-refractivity contribution < 1.29 is 4.39 Å². The van der Waals surface area contributed by atoms with Crippen molar-refractivity contribution in [1.29, 1.82) is 0 Å². The third-order valence-electron chi connectivity index (χ3n) is 4.06. The number of hydrogen-bond acceptors (Lipinski definition) is 2. The Kier molecular flexibility index (Phi) is 4.61. The van der Waals surface area contributed by atoms with E-state index >= 15 is 0 Å². The second kappa shape index (κ2) is 6.63. The molecule has 0 aromatic heterocycles. The van der Waals surface area contributed by atoms with Crippen LogP contribution in [0.4, 0.5) is 4.39 Å². The van der Waals surface area contributed by atoms with Gasteiger partial charge in [-0.15, -0.1) is 11.8 Å². The van der Waals surface area contributed by atoms with E-state index < -0.39 is 0 Å². The number of rotatable bonds is 4. The van der Waals surface area contributed by atoms with E-state index in [1.165, 1.54) is 5.56 Å². The lowest BCUT2D eigenvalue weighted by atomic mass is 9.99. The molecule has 0 fully saturated rings. The van der Waals surface area contributed by atoms with Crippen molar-refractivity contribution in [2.24, 2.45) is 0 Å². The van der Waals surface area contributed by atoms with Gasteiger partial charge in [-0.2, -0.15) is 0 Å². The number of fused-ring (bicyclic) bond motifs is 1. The predicted molar refractivity (Wildman–Crippen MR) is 87.3 cm³/mol. The van der Waals surface area contributed by atoms with Gasteiger partial charge in [0.05, 0.1) is 0 Å². The molecule has 0 bridgehead atoms. The Morgan fingerprint density at radius 1 is 1.19 bits per heavy atom. The van der Waals surface area contributed by atoms with E-state index in [1.807, 2.05) is 12.1 Å². The van der Waals surface area contributed by atoms with Gasteiger partial charge in [-0.1, -0.05) is 49.4 Å². The van der Waals surface area contributed by atoms with Crippen LogP contribution >= 0.6 is 11.8 Å². The molecule has 3 rings (SSSR count). The maximum atomic E-state index is 13.9. The van der Waals surface area contributed by atoms with Gasteiger partial charge in [-0.25, -0.2) is 4.39 Å². The molecule has 0 aliphatic carbocycles. The first kappa shape index (κ1) is 14.6. The van der Waals surface area contributed by atoms with Crippen LogP contribution < -0.4 is 5.32 Å². The van der Waals surface area contributed by atoms with Crippen LogP contribution in [0.5, 0.6) is 0 Å². The Hall–Kier alpha value is -1.32. The molecule has 0 radical (unpaired) electrons. The van der Waals surface area contributed by atoms with Gasteiger partial charge < -0.3 is 5.32 Å². The zero-order chi connectivity index (χ0) is 14.7. The zero-order valence-electron chi connectivity index (χ0n) is 12.2. The van der Waals surface area contributed by atoms with Crippen molar-refractivity contribution in [1.82, 2.24) is 5.32 Å². The first-order chi connectivity index (χ1) is 10.3. The molecule has 2 unspecified atom stereocenters. The van der Waals surface area contributed by atoms with Crippen LogP contribution in [0.1, 0.15) is 36.4 Å². The molecule has 1 N–H and O–H groups in total. The normalized spacial score (nSPS) is 19.0. The third-order valence-corrected chi connectivity index (χ3v) is 5.22. The van der Waals surface area contributed by atoms with Crippen molar-refractivity contribution in [3.05, 3.63) is 65.5 Å². The molecule has 0 saturated heterocycles. The number of benzene rings is 2. The lowest BCUT2D eigenvalue weighted by molar-refractivity contribution is 0.479. The first-order valence-electron chi connectivity index (χ1n) is 7.45. The molecule has 2 aromatic rings. The fraction of sp³-hybridized carbons (Fsp3) is 0.333. The second-order valence-electron chi connectivity index (χ2n) is 5.57. The van der Waals surface area contributed by atoms with Crippen LogP contribution in [-0.2, 0) is 0 Å². The fourth-order valence-electron chi connectivity index (χ4n) is 2.82. The highest BCUT2D eigenvalue weighted by Gasteiger charge is 2.23. The van der Waals surface area contributed by atoms with Crippen molar-refractivity contribution >= 4 is 11.8 Å². The molecule has 0 saturated carbocycles. The van der Waals surface area contributed by atoms with Crippen molar-refractivity contribution in [3.63, 3.8) is 0 Å². The summed E-state index contributed by atoms with van der Waals surface area (Å²) in [5.74, 6) is 1.35. The summed E-state index contributed by atoms with van der Waals surface area (Å²) in [7, 11) is 0. The van der Waals surface area contributed by atoms with Crippen LogP contribution in [0.2, 0.25) is 0 Å². The molecule has 3 heteroatoms. The van der Waals surface area contributed by atoms with Crippen molar-refractivity contribution in [3.8, 4) is 0 Å². The second-order valence-corrected chi connectivity index (χ2v) is 6.67. The number of nitrogens with one attached hydrogen (secondary N) is 1. The monoisotopic (exact) mass is 301 g/mol. The van der Waals surface area contributed by atoms with E-state index in [0.717, 1.165) is 29.2 Å². The highest BCUT2D eigenvalue weighted by molar-refractivity contribution is 7.99. The van der Waals surface area contributed by atoms with Gasteiger partial charge in [0.25, 0.3) is 0 Å². The van der Waals surface area contributed by atoms with Gasteiger partial charge >= 0.3 is 0 Å². The standard InChI is InChI=1S/C18H20FNS/c1-13(14-6-3-2-4-7-14)12-20-17-10-11-21-18-15(17)8-5-9-16(18)19/h2-9,13,17,20H,10-12H2,1H3. The molecule has 1 aliphatic heterocycles. The van der Waals surface area contributed by atoms with Crippen molar-refractivity contribution in [2.75, 3.05) is 12.3 Å². The third kappa shape index (κ3) is 3.30. The van der Waals surface area contributed by atoms with Gasteiger partial charge in [-0.3, -0.25) is 0 Å². The molecule has 0 amide bonds. The zero-order valence-corrected chi connectivity index (χ0v) is 13.0. The minimum absolute atomic E-state index is 0.0832. The average molecular weight is 301 g/mol. The lowest BCUT2D eigenvalue weighted by Gasteiger charge is -2.27. The van der Waals surface area contributed by atoms with Crippen LogP contribution in [0.25, 0.3) is 0 Å². The van der Waals surface area contributed by atoms with E-state index in [1.54, 1.807) is 17.8 Å². The maximum Gasteiger partial charge on any atom is 0.137 e. The Labute approximate surface area is 130 Å². The van der Waals surface area contributed by atoms with Crippen molar-refractivity contribution in [2.45, 2.75) is 30.2 Å². The highest BCUT2D eigenvalue weighted by atomic mass is 32.2. The van der Waals surface area contributed by atoms with Crippen LogP contribution in [0.15, 0.2) is 53.4 Å². The molecule has 21 heavy (non-hydrogen) atoms. The summed E-state index contributed by atoms with van der Waals surface area (Å²) in [5, 5.41) is 3.62. The quantitative estimate of drug-likeness (QED) is 0.874. The maximum absolute atomic E-state index is 13.9. The summed E-state index contributed by atoms with van der Waals surface area (Å²) in [5.41, 5.74) is 2.46. The Morgan fingerprint density at radius 2 is 2.00 bits per heavy atom. The number of thioether (sulfide) groups is 1. The topological polar surface area (TPSA) is 12.0 Å². The highest BCUT2D eigenvalue weighted by Crippen LogP contribution is 2.37. The Balaban J connectivity index is 1.69. The average Bonchev–Trinajstić information content (AvgIpc) is 2.54. The van der Waals surface area contributed by atoms with Crippen LogP contribution in [0, 0.1) is 5.82 Å². The lowest BCUT2D eigenvalue weighted by Crippen LogP contribution is -2.28. The molecule has 2 atom stereocenters. The SMILES string of the molecule is CC(CNC1CCSc2c(F)cccc21)c1ccccc1. The summed E-state index contributed by atoms with van der Waals surface area (Å²) >= 11 is 1.63. The summed E-state index contributed by atoms with van der Waals surface area (Å²) in [6, 6.07) is 16.2. The minimum atomic E-state index is -0.0832. The minimum Gasteiger partial charge on any atom is -0.309 e. The molecule has 1 aliphatic rings. The predicted octanol–water partition coefficient (Wildman–Crippen LogP) is 4.76. The van der Waals surface area contributed by atoms with E-state index in [4.69, 9.17) is 0 Å². The molecular weight excluding hydrogens is 281 g/mol. The molecule has 2 aromatic carbocycles. The number of hydrogen-bond donors (Lipinski definition) is 1. The van der Waals surface area contributed by atoms with Crippen LogP contribution in [-0.4, -0.2) is 12.3 Å². The summed E-state index contributed by atoms with van der Waals surface area (Å²) in [6.45, 7) is 3.14. The summed E-state index contributed by atoms with van der Waals surface area (Å²) in [4.78, 5) is 0.827. The fourth-order valence-corrected chi connectivity index (χ4v) is 3.96. The van der Waals surface area contributed by atoms with Gasteiger partial charge in [0.1, 0.15) is 5.82 Å². The Bertz CT molecular complexity index is 599. The largest absolute Gasteiger partial charge is 0.309 e. The molecule has 110 valence electrons. The van der Waals surface area contributed by atoms with Gasteiger partial charge in [0.2, 0.25) is 0 Å². The van der Waals surface area contributed by atoms with E-state index in [2.05, 4.69) is 42.6 Å².